The normalized spacial score (nSPS) is 20.8. The summed E-state index contributed by atoms with van der Waals surface area (Å²) in [4.78, 5) is 11.4. The lowest BCUT2D eigenvalue weighted by atomic mass is 10.2. The minimum atomic E-state index is -3.84. The Hall–Kier alpha value is -1.44. The average molecular weight is 299 g/mol. The number of aryl methyl sites for hydroxylation is 2. The number of morpholine rings is 1. The number of benzene rings is 1. The SMILES string of the molecule is Cc1ccc(C)c(S(=O)(=O)N2CCOCC2C(=O)O)c1. The molecule has 7 heteroatoms. The van der Waals surface area contributed by atoms with Gasteiger partial charge in [-0.1, -0.05) is 12.1 Å². The quantitative estimate of drug-likeness (QED) is 0.891. The number of hydrogen-bond acceptors (Lipinski definition) is 4. The molecule has 1 fully saturated rings. The topological polar surface area (TPSA) is 83.9 Å². The van der Waals surface area contributed by atoms with Crippen molar-refractivity contribution in [1.29, 1.82) is 0 Å². The summed E-state index contributed by atoms with van der Waals surface area (Å²) in [6.45, 7) is 3.62. The Kier molecular flexibility index (Phi) is 4.12. The molecular formula is C13H17NO5S. The molecule has 0 radical (unpaired) electrons. The zero-order valence-corrected chi connectivity index (χ0v) is 12.2. The highest BCUT2D eigenvalue weighted by Crippen LogP contribution is 2.24. The number of carboxylic acids is 1. The average Bonchev–Trinajstić information content (AvgIpc) is 2.41. The molecule has 0 amide bonds. The number of ether oxygens (including phenoxy) is 1. The van der Waals surface area contributed by atoms with E-state index in [0.717, 1.165) is 9.87 Å². The van der Waals surface area contributed by atoms with Crippen molar-refractivity contribution in [3.8, 4) is 0 Å². The lowest BCUT2D eigenvalue weighted by molar-refractivity contribution is -0.146. The maximum atomic E-state index is 12.7. The predicted molar refractivity (Wildman–Crippen MR) is 72.1 cm³/mol. The monoisotopic (exact) mass is 299 g/mol. The smallest absolute Gasteiger partial charge is 0.324 e. The summed E-state index contributed by atoms with van der Waals surface area (Å²) in [6.07, 6.45) is 0. The number of rotatable bonds is 3. The second-order valence-corrected chi connectivity index (χ2v) is 6.67. The largest absolute Gasteiger partial charge is 0.480 e. The fraction of sp³-hybridized carbons (Fsp3) is 0.462. The van der Waals surface area contributed by atoms with Crippen LogP contribution in [0.25, 0.3) is 0 Å². The van der Waals surface area contributed by atoms with Gasteiger partial charge in [0.15, 0.2) is 0 Å². The Balaban J connectivity index is 2.47. The van der Waals surface area contributed by atoms with E-state index in [0.29, 0.717) is 5.56 Å². The van der Waals surface area contributed by atoms with Gasteiger partial charge in [0.2, 0.25) is 10.0 Å². The first-order chi connectivity index (χ1) is 9.34. The molecule has 0 spiro atoms. The molecule has 0 bridgehead atoms. The van der Waals surface area contributed by atoms with E-state index in [4.69, 9.17) is 9.84 Å². The van der Waals surface area contributed by atoms with E-state index >= 15 is 0 Å². The summed E-state index contributed by atoms with van der Waals surface area (Å²) in [6, 6.07) is 3.94. The van der Waals surface area contributed by atoms with Gasteiger partial charge in [-0.05, 0) is 31.0 Å². The van der Waals surface area contributed by atoms with Gasteiger partial charge in [-0.15, -0.1) is 0 Å². The predicted octanol–water partition coefficient (Wildman–Crippen LogP) is 0.778. The van der Waals surface area contributed by atoms with E-state index < -0.39 is 22.0 Å². The van der Waals surface area contributed by atoms with Crippen LogP contribution in [0.1, 0.15) is 11.1 Å². The van der Waals surface area contributed by atoms with Crippen LogP contribution < -0.4 is 0 Å². The summed E-state index contributed by atoms with van der Waals surface area (Å²) in [5.74, 6) is -1.20. The zero-order valence-electron chi connectivity index (χ0n) is 11.4. The molecule has 20 heavy (non-hydrogen) atoms. The molecule has 1 unspecified atom stereocenters. The summed E-state index contributed by atoms with van der Waals surface area (Å²) in [5, 5.41) is 9.16. The van der Waals surface area contributed by atoms with Crippen LogP contribution in [0, 0.1) is 13.8 Å². The van der Waals surface area contributed by atoms with Crippen molar-refractivity contribution in [1.82, 2.24) is 4.31 Å². The number of hydrogen-bond donors (Lipinski definition) is 1. The van der Waals surface area contributed by atoms with Crippen molar-refractivity contribution in [3.05, 3.63) is 29.3 Å². The molecule has 0 saturated carbocycles. The Labute approximate surface area is 118 Å². The van der Waals surface area contributed by atoms with Crippen LogP contribution in [-0.2, 0) is 19.6 Å². The van der Waals surface area contributed by atoms with Crippen molar-refractivity contribution in [3.63, 3.8) is 0 Å². The van der Waals surface area contributed by atoms with E-state index in [1.807, 2.05) is 6.07 Å². The fourth-order valence-electron chi connectivity index (χ4n) is 2.18. The third-order valence-electron chi connectivity index (χ3n) is 3.29. The fourth-order valence-corrected chi connectivity index (χ4v) is 4.05. The van der Waals surface area contributed by atoms with Crippen LogP contribution in [0.4, 0.5) is 0 Å². The van der Waals surface area contributed by atoms with Crippen molar-refractivity contribution >= 4 is 16.0 Å². The molecule has 1 saturated heterocycles. The molecule has 110 valence electrons. The molecule has 0 aliphatic carbocycles. The first-order valence-corrected chi connectivity index (χ1v) is 7.67. The van der Waals surface area contributed by atoms with E-state index in [1.54, 1.807) is 26.0 Å². The maximum Gasteiger partial charge on any atom is 0.324 e. The Bertz CT molecular complexity index is 626. The number of aliphatic carboxylic acids is 1. The van der Waals surface area contributed by atoms with Gasteiger partial charge in [0, 0.05) is 6.54 Å². The second kappa shape index (κ2) is 5.51. The number of nitrogens with zero attached hydrogens (tertiary/aromatic N) is 1. The van der Waals surface area contributed by atoms with Gasteiger partial charge in [-0.25, -0.2) is 8.42 Å². The first-order valence-electron chi connectivity index (χ1n) is 6.23. The first kappa shape index (κ1) is 15.0. The van der Waals surface area contributed by atoms with Gasteiger partial charge in [-0.2, -0.15) is 4.31 Å². The molecule has 1 aliphatic rings. The van der Waals surface area contributed by atoms with E-state index in [2.05, 4.69) is 0 Å². The Morgan fingerprint density at radius 2 is 2.10 bits per heavy atom. The van der Waals surface area contributed by atoms with Crippen LogP contribution in [0.15, 0.2) is 23.1 Å². The molecule has 1 heterocycles. The van der Waals surface area contributed by atoms with Crippen molar-refractivity contribution < 1.29 is 23.1 Å². The van der Waals surface area contributed by atoms with Crippen LogP contribution in [0.2, 0.25) is 0 Å². The highest BCUT2D eigenvalue weighted by molar-refractivity contribution is 7.89. The third-order valence-corrected chi connectivity index (χ3v) is 5.34. The third kappa shape index (κ3) is 2.70. The number of sulfonamides is 1. The van der Waals surface area contributed by atoms with Crippen LogP contribution >= 0.6 is 0 Å². The highest BCUT2D eigenvalue weighted by Gasteiger charge is 2.38. The van der Waals surface area contributed by atoms with Crippen molar-refractivity contribution in [2.45, 2.75) is 24.8 Å². The molecule has 6 nitrogen and oxygen atoms in total. The zero-order chi connectivity index (χ0) is 14.9. The lowest BCUT2D eigenvalue weighted by Crippen LogP contribution is -2.52. The van der Waals surface area contributed by atoms with E-state index in [9.17, 15) is 13.2 Å². The van der Waals surface area contributed by atoms with Crippen LogP contribution in [-0.4, -0.2) is 49.6 Å². The Morgan fingerprint density at radius 1 is 1.40 bits per heavy atom. The minimum Gasteiger partial charge on any atom is -0.480 e. The van der Waals surface area contributed by atoms with Crippen molar-refractivity contribution in [2.75, 3.05) is 19.8 Å². The standard InChI is InChI=1S/C13H17NO5S/c1-9-3-4-10(2)12(7-9)20(17,18)14-5-6-19-8-11(14)13(15)16/h3-4,7,11H,5-6,8H2,1-2H3,(H,15,16). The molecule has 1 atom stereocenters. The van der Waals surface area contributed by atoms with Crippen LogP contribution in [0.3, 0.4) is 0 Å². The molecule has 1 N–H and O–H groups in total. The minimum absolute atomic E-state index is 0.0483. The molecule has 1 aliphatic heterocycles. The Morgan fingerprint density at radius 3 is 2.75 bits per heavy atom. The molecule has 0 aromatic heterocycles. The summed E-state index contributed by atoms with van der Waals surface area (Å²) < 4.78 is 31.5. The molecule has 1 aromatic carbocycles. The highest BCUT2D eigenvalue weighted by atomic mass is 32.2. The summed E-state index contributed by atoms with van der Waals surface area (Å²) in [5.41, 5.74) is 1.42. The van der Waals surface area contributed by atoms with Gasteiger partial charge < -0.3 is 9.84 Å². The molecule has 1 aromatic rings. The van der Waals surface area contributed by atoms with Gasteiger partial charge in [0.1, 0.15) is 6.04 Å². The van der Waals surface area contributed by atoms with Crippen LogP contribution in [0.5, 0.6) is 0 Å². The van der Waals surface area contributed by atoms with E-state index in [-0.39, 0.29) is 24.7 Å². The van der Waals surface area contributed by atoms with E-state index in [1.165, 1.54) is 0 Å². The second-order valence-electron chi connectivity index (χ2n) is 4.81. The molecule has 2 rings (SSSR count). The van der Waals surface area contributed by atoms with Gasteiger partial charge >= 0.3 is 5.97 Å². The molecular weight excluding hydrogens is 282 g/mol. The van der Waals surface area contributed by atoms with Gasteiger partial charge in [-0.3, -0.25) is 4.79 Å². The van der Waals surface area contributed by atoms with Gasteiger partial charge in [0.05, 0.1) is 18.1 Å². The maximum absolute atomic E-state index is 12.7. The summed E-state index contributed by atoms with van der Waals surface area (Å²) in [7, 11) is -3.84. The lowest BCUT2D eigenvalue weighted by Gasteiger charge is -2.32. The number of carboxylic acid groups (broad SMARTS) is 1. The van der Waals surface area contributed by atoms with Crippen molar-refractivity contribution in [2.24, 2.45) is 0 Å². The van der Waals surface area contributed by atoms with Gasteiger partial charge in [0.25, 0.3) is 0 Å². The summed E-state index contributed by atoms with van der Waals surface area (Å²) >= 11 is 0. The number of carbonyl (C=O) groups is 1.